The third-order valence-electron chi connectivity index (χ3n) is 2.57. The molecular formula is C11H15NO2. The van der Waals surface area contributed by atoms with Crippen LogP contribution >= 0.6 is 0 Å². The number of likely N-dealkylation sites (N-methyl/N-ethyl adjacent to an activating group) is 1. The second-order valence-corrected chi connectivity index (χ2v) is 3.82. The molecule has 0 aliphatic carbocycles. The monoisotopic (exact) mass is 193 g/mol. The SMILES string of the molecule is CN(C)[C@@H]1c2ccccc2OC[C@H]1O. The molecule has 1 aromatic carbocycles. The summed E-state index contributed by atoms with van der Waals surface area (Å²) in [4.78, 5) is 2.02. The molecule has 0 aromatic heterocycles. The van der Waals surface area contributed by atoms with Gasteiger partial charge in [0.2, 0.25) is 0 Å². The van der Waals surface area contributed by atoms with E-state index in [1.165, 1.54) is 0 Å². The Morgan fingerprint density at radius 2 is 2.07 bits per heavy atom. The fraction of sp³-hybridized carbons (Fsp3) is 0.455. The van der Waals surface area contributed by atoms with Crippen molar-refractivity contribution in [2.75, 3.05) is 20.7 Å². The average molecular weight is 193 g/mol. The highest BCUT2D eigenvalue weighted by Gasteiger charge is 2.30. The third-order valence-corrected chi connectivity index (χ3v) is 2.57. The number of hydrogen-bond donors (Lipinski definition) is 1. The number of aliphatic hydroxyl groups excluding tert-OH is 1. The van der Waals surface area contributed by atoms with Crippen LogP contribution in [0.15, 0.2) is 24.3 Å². The lowest BCUT2D eigenvalue weighted by atomic mass is 9.97. The fourth-order valence-electron chi connectivity index (χ4n) is 1.95. The van der Waals surface area contributed by atoms with Crippen LogP contribution in [0, 0.1) is 0 Å². The molecule has 0 fully saturated rings. The Hall–Kier alpha value is -1.06. The van der Waals surface area contributed by atoms with Crippen molar-refractivity contribution in [3.05, 3.63) is 29.8 Å². The van der Waals surface area contributed by atoms with Gasteiger partial charge in [0.15, 0.2) is 0 Å². The van der Waals surface area contributed by atoms with Crippen LogP contribution in [0.1, 0.15) is 11.6 Å². The minimum atomic E-state index is -0.445. The summed E-state index contributed by atoms with van der Waals surface area (Å²) in [6.07, 6.45) is -0.445. The van der Waals surface area contributed by atoms with Gasteiger partial charge in [-0.3, -0.25) is 4.90 Å². The highest BCUT2D eigenvalue weighted by Crippen LogP contribution is 2.34. The Kier molecular flexibility index (Phi) is 2.44. The molecule has 1 N–H and O–H groups in total. The van der Waals surface area contributed by atoms with Gasteiger partial charge < -0.3 is 9.84 Å². The van der Waals surface area contributed by atoms with E-state index in [1.54, 1.807) is 0 Å². The van der Waals surface area contributed by atoms with Gasteiger partial charge in [-0.15, -0.1) is 0 Å². The van der Waals surface area contributed by atoms with Crippen molar-refractivity contribution in [3.8, 4) is 5.75 Å². The highest BCUT2D eigenvalue weighted by atomic mass is 16.5. The standard InChI is InChI=1S/C11H15NO2/c1-12(2)11-8-5-3-4-6-10(8)14-7-9(11)13/h3-6,9,11,13H,7H2,1-2H3/t9-,11-/m1/s1. The lowest BCUT2D eigenvalue weighted by molar-refractivity contribution is 0.0184. The Balaban J connectivity index is 2.41. The van der Waals surface area contributed by atoms with Crippen LogP contribution in [-0.2, 0) is 0 Å². The fourth-order valence-corrected chi connectivity index (χ4v) is 1.95. The smallest absolute Gasteiger partial charge is 0.124 e. The molecule has 1 aliphatic rings. The van der Waals surface area contributed by atoms with Crippen molar-refractivity contribution in [1.29, 1.82) is 0 Å². The van der Waals surface area contributed by atoms with Gasteiger partial charge in [0.05, 0.1) is 6.04 Å². The maximum atomic E-state index is 9.82. The van der Waals surface area contributed by atoms with Gasteiger partial charge in [-0.1, -0.05) is 18.2 Å². The van der Waals surface area contributed by atoms with Crippen LogP contribution in [0.25, 0.3) is 0 Å². The van der Waals surface area contributed by atoms with Crippen molar-refractivity contribution >= 4 is 0 Å². The van der Waals surface area contributed by atoms with Crippen molar-refractivity contribution in [3.63, 3.8) is 0 Å². The molecule has 3 heteroatoms. The van der Waals surface area contributed by atoms with Crippen LogP contribution in [0.4, 0.5) is 0 Å². The van der Waals surface area contributed by atoms with Crippen LogP contribution in [0.2, 0.25) is 0 Å². The van der Waals surface area contributed by atoms with Crippen LogP contribution in [0.3, 0.4) is 0 Å². The van der Waals surface area contributed by atoms with E-state index in [4.69, 9.17) is 4.74 Å². The maximum absolute atomic E-state index is 9.82. The van der Waals surface area contributed by atoms with Gasteiger partial charge >= 0.3 is 0 Å². The molecule has 0 unspecified atom stereocenters. The van der Waals surface area contributed by atoms with Crippen molar-refractivity contribution in [2.24, 2.45) is 0 Å². The van der Waals surface area contributed by atoms with Crippen LogP contribution < -0.4 is 4.74 Å². The van der Waals surface area contributed by atoms with E-state index < -0.39 is 6.10 Å². The minimum Gasteiger partial charge on any atom is -0.490 e. The molecule has 0 spiro atoms. The molecule has 1 heterocycles. The normalized spacial score (nSPS) is 25.7. The molecule has 0 saturated carbocycles. The van der Waals surface area contributed by atoms with Gasteiger partial charge in [-0.2, -0.15) is 0 Å². The summed E-state index contributed by atoms with van der Waals surface area (Å²) in [5.41, 5.74) is 1.07. The second-order valence-electron chi connectivity index (χ2n) is 3.82. The summed E-state index contributed by atoms with van der Waals surface area (Å²) in [5.74, 6) is 0.886. The topological polar surface area (TPSA) is 32.7 Å². The van der Waals surface area contributed by atoms with Gasteiger partial charge in [-0.05, 0) is 20.2 Å². The van der Waals surface area contributed by atoms with E-state index in [-0.39, 0.29) is 6.04 Å². The first kappa shape index (κ1) is 9.49. The molecule has 0 saturated heterocycles. The molecule has 0 bridgehead atoms. The predicted molar refractivity (Wildman–Crippen MR) is 54.4 cm³/mol. The summed E-state index contributed by atoms with van der Waals surface area (Å²) < 4.78 is 5.44. The summed E-state index contributed by atoms with van der Waals surface area (Å²) in [6.45, 7) is 0.375. The molecule has 76 valence electrons. The van der Waals surface area contributed by atoms with E-state index >= 15 is 0 Å². The Morgan fingerprint density at radius 3 is 2.79 bits per heavy atom. The second kappa shape index (κ2) is 3.59. The number of rotatable bonds is 1. The van der Waals surface area contributed by atoms with E-state index in [9.17, 15) is 5.11 Å². The van der Waals surface area contributed by atoms with E-state index in [1.807, 2.05) is 43.3 Å². The quantitative estimate of drug-likeness (QED) is 0.723. The number of benzene rings is 1. The number of fused-ring (bicyclic) bond motifs is 1. The van der Waals surface area contributed by atoms with E-state index in [0.29, 0.717) is 6.61 Å². The van der Waals surface area contributed by atoms with Gasteiger partial charge in [-0.25, -0.2) is 0 Å². The Labute approximate surface area is 83.9 Å². The first-order valence-electron chi connectivity index (χ1n) is 4.76. The number of aliphatic hydroxyl groups is 1. The van der Waals surface area contributed by atoms with Crippen LogP contribution in [0.5, 0.6) is 5.75 Å². The van der Waals surface area contributed by atoms with Crippen molar-refractivity contribution in [1.82, 2.24) is 4.90 Å². The summed E-state index contributed by atoms with van der Waals surface area (Å²) in [6, 6.07) is 7.90. The Bertz CT molecular complexity index is 325. The molecule has 0 amide bonds. The van der Waals surface area contributed by atoms with Crippen molar-refractivity contribution in [2.45, 2.75) is 12.1 Å². The zero-order valence-corrected chi connectivity index (χ0v) is 8.47. The Morgan fingerprint density at radius 1 is 1.36 bits per heavy atom. The molecule has 14 heavy (non-hydrogen) atoms. The highest BCUT2D eigenvalue weighted by molar-refractivity contribution is 5.38. The molecule has 2 atom stereocenters. The maximum Gasteiger partial charge on any atom is 0.124 e. The summed E-state index contributed by atoms with van der Waals surface area (Å²) in [7, 11) is 3.94. The zero-order valence-electron chi connectivity index (χ0n) is 8.47. The number of nitrogens with zero attached hydrogens (tertiary/aromatic N) is 1. The number of hydrogen-bond acceptors (Lipinski definition) is 3. The average Bonchev–Trinajstić information content (AvgIpc) is 2.17. The zero-order chi connectivity index (χ0) is 10.1. The molecule has 1 aromatic rings. The molecule has 0 radical (unpaired) electrons. The number of para-hydroxylation sites is 1. The molecule has 1 aliphatic heterocycles. The largest absolute Gasteiger partial charge is 0.490 e. The predicted octanol–water partition coefficient (Wildman–Crippen LogP) is 1.04. The summed E-state index contributed by atoms with van der Waals surface area (Å²) >= 11 is 0. The lowest BCUT2D eigenvalue weighted by Crippen LogP contribution is -2.38. The summed E-state index contributed by atoms with van der Waals surface area (Å²) in [5, 5.41) is 9.82. The molecule has 2 rings (SSSR count). The van der Waals surface area contributed by atoms with Gasteiger partial charge in [0.1, 0.15) is 18.5 Å². The third kappa shape index (κ3) is 1.49. The van der Waals surface area contributed by atoms with E-state index in [2.05, 4.69) is 0 Å². The van der Waals surface area contributed by atoms with Gasteiger partial charge in [0.25, 0.3) is 0 Å². The van der Waals surface area contributed by atoms with Gasteiger partial charge in [0, 0.05) is 5.56 Å². The molecule has 3 nitrogen and oxygen atoms in total. The van der Waals surface area contributed by atoms with Crippen LogP contribution in [-0.4, -0.2) is 36.8 Å². The minimum absolute atomic E-state index is 0.0416. The first-order chi connectivity index (χ1) is 6.70. The van der Waals surface area contributed by atoms with Crippen molar-refractivity contribution < 1.29 is 9.84 Å². The van der Waals surface area contributed by atoms with E-state index in [0.717, 1.165) is 11.3 Å². The lowest BCUT2D eigenvalue weighted by Gasteiger charge is -2.34. The molecular weight excluding hydrogens is 178 g/mol. The first-order valence-corrected chi connectivity index (χ1v) is 4.76. The number of ether oxygens (including phenoxy) is 1.